The molecule has 5 heteroatoms. The van der Waals surface area contributed by atoms with E-state index in [1.165, 1.54) is 0 Å². The van der Waals surface area contributed by atoms with Crippen LogP contribution in [0.4, 0.5) is 0 Å². The first kappa shape index (κ1) is 14.8. The van der Waals surface area contributed by atoms with Gasteiger partial charge in [-0.15, -0.1) is 0 Å². The fourth-order valence-corrected chi connectivity index (χ4v) is 1.74. The smallest absolute Gasteiger partial charge is 1.00 e. The van der Waals surface area contributed by atoms with Gasteiger partial charge in [-0.05, 0) is 31.9 Å². The van der Waals surface area contributed by atoms with Crippen molar-refractivity contribution in [3.05, 3.63) is 34.4 Å². The summed E-state index contributed by atoms with van der Waals surface area (Å²) in [5.74, 6) is -0.545. The molecule has 0 unspecified atom stereocenters. The molecule has 0 saturated carbocycles. The second-order valence-corrected chi connectivity index (χ2v) is 3.56. The van der Waals surface area contributed by atoms with Crippen molar-refractivity contribution in [2.24, 2.45) is 0 Å². The normalized spacial score (nSPS) is 9.53. The number of rotatable bonds is 2. The maximum atomic E-state index is 11.4. The van der Waals surface area contributed by atoms with E-state index < -0.39 is 14.7 Å². The van der Waals surface area contributed by atoms with Crippen molar-refractivity contribution in [1.29, 1.82) is 0 Å². The summed E-state index contributed by atoms with van der Waals surface area (Å²) >= 11 is 0. The van der Waals surface area contributed by atoms with E-state index in [9.17, 15) is 9.36 Å². The van der Waals surface area contributed by atoms with Crippen LogP contribution in [0.25, 0.3) is 0 Å². The summed E-state index contributed by atoms with van der Waals surface area (Å²) in [7, 11) is -0.610. The standard InChI is InChI=1S/C10H11O3P.Na.H/c1-6-4-7(2)9(8(3)5-6)10(11)13-14-12;;/h4-5H,1-3H3;;/q;+1;-1. The summed E-state index contributed by atoms with van der Waals surface area (Å²) in [6.07, 6.45) is 0. The summed E-state index contributed by atoms with van der Waals surface area (Å²) in [6, 6.07) is 3.79. The molecule has 15 heavy (non-hydrogen) atoms. The Bertz CT molecular complexity index is 373. The van der Waals surface area contributed by atoms with Gasteiger partial charge in [-0.1, -0.05) is 17.7 Å². The van der Waals surface area contributed by atoms with Gasteiger partial charge >= 0.3 is 44.2 Å². The van der Waals surface area contributed by atoms with E-state index in [4.69, 9.17) is 0 Å². The number of hydrogen-bond acceptors (Lipinski definition) is 3. The Morgan fingerprint density at radius 1 is 1.27 bits per heavy atom. The average Bonchev–Trinajstić information content (AvgIpc) is 2.01. The molecule has 0 radical (unpaired) electrons. The molecular weight excluding hydrogens is 222 g/mol. The molecular formula is C10H12NaO3P. The molecule has 0 aliphatic rings. The first-order valence-corrected chi connectivity index (χ1v) is 4.91. The molecule has 0 amide bonds. The van der Waals surface area contributed by atoms with Crippen LogP contribution in [0, 0.1) is 20.8 Å². The molecule has 3 nitrogen and oxygen atoms in total. The van der Waals surface area contributed by atoms with Crippen LogP contribution < -0.4 is 29.6 Å². The van der Waals surface area contributed by atoms with Gasteiger partial charge in [-0.2, -0.15) is 0 Å². The summed E-state index contributed by atoms with van der Waals surface area (Å²) < 4.78 is 14.5. The van der Waals surface area contributed by atoms with Gasteiger partial charge in [-0.3, -0.25) is 0 Å². The number of aryl methyl sites for hydroxylation is 3. The fraction of sp³-hybridized carbons (Fsp3) is 0.300. The second kappa shape index (κ2) is 6.39. The maximum Gasteiger partial charge on any atom is 1.00 e. The van der Waals surface area contributed by atoms with Crippen LogP contribution in [-0.2, 0) is 9.09 Å². The topological polar surface area (TPSA) is 43.4 Å². The largest absolute Gasteiger partial charge is 1.00 e. The molecule has 76 valence electrons. The van der Waals surface area contributed by atoms with Crippen molar-refractivity contribution in [3.8, 4) is 0 Å². The first-order valence-electron chi connectivity index (χ1n) is 4.18. The van der Waals surface area contributed by atoms with E-state index in [1.54, 1.807) is 0 Å². The SMILES string of the molecule is Cc1cc(C)c(C(=O)OP=O)c(C)c1.[H-].[Na+]. The Morgan fingerprint density at radius 3 is 2.13 bits per heavy atom. The summed E-state index contributed by atoms with van der Waals surface area (Å²) in [4.78, 5) is 11.4. The molecule has 0 bridgehead atoms. The van der Waals surface area contributed by atoms with Gasteiger partial charge in [0.25, 0.3) is 0 Å². The van der Waals surface area contributed by atoms with Crippen LogP contribution in [-0.4, -0.2) is 5.97 Å². The molecule has 1 aromatic carbocycles. The van der Waals surface area contributed by atoms with Gasteiger partial charge in [0.05, 0.1) is 5.56 Å². The third kappa shape index (κ3) is 3.69. The minimum atomic E-state index is -0.610. The molecule has 0 aliphatic carbocycles. The van der Waals surface area contributed by atoms with E-state index in [0.717, 1.165) is 16.7 Å². The molecule has 0 N–H and O–H groups in total. The predicted octanol–water partition coefficient (Wildman–Crippen LogP) is 0.0919. The Morgan fingerprint density at radius 2 is 1.73 bits per heavy atom. The van der Waals surface area contributed by atoms with Crippen LogP contribution in [0.3, 0.4) is 0 Å². The van der Waals surface area contributed by atoms with Crippen LogP contribution in [0.15, 0.2) is 12.1 Å². The van der Waals surface area contributed by atoms with Gasteiger partial charge in [0.2, 0.25) is 0 Å². The molecule has 0 fully saturated rings. The van der Waals surface area contributed by atoms with Gasteiger partial charge in [0.15, 0.2) is 0 Å². The Labute approximate surface area is 114 Å². The van der Waals surface area contributed by atoms with Crippen molar-refractivity contribution >= 4 is 14.7 Å². The zero-order valence-corrected chi connectivity index (χ0v) is 12.2. The van der Waals surface area contributed by atoms with Crippen molar-refractivity contribution in [2.45, 2.75) is 20.8 Å². The molecule has 0 aromatic heterocycles. The minimum Gasteiger partial charge on any atom is -1.00 e. The van der Waals surface area contributed by atoms with Crippen molar-refractivity contribution in [1.82, 2.24) is 0 Å². The zero-order valence-electron chi connectivity index (χ0n) is 10.3. The number of hydrogen-bond donors (Lipinski definition) is 0. The third-order valence-electron chi connectivity index (χ3n) is 2.00. The second-order valence-electron chi connectivity index (χ2n) is 3.23. The average molecular weight is 234 g/mol. The minimum absolute atomic E-state index is 0. The molecule has 1 rings (SSSR count). The van der Waals surface area contributed by atoms with Crippen LogP contribution in [0.5, 0.6) is 0 Å². The Balaban J connectivity index is 0. The van der Waals surface area contributed by atoms with Gasteiger partial charge in [0.1, 0.15) is 0 Å². The molecule has 0 aliphatic heterocycles. The summed E-state index contributed by atoms with van der Waals surface area (Å²) in [6.45, 7) is 5.62. The molecule has 0 atom stereocenters. The van der Waals surface area contributed by atoms with E-state index >= 15 is 0 Å². The van der Waals surface area contributed by atoms with Crippen molar-refractivity contribution < 1.29 is 44.9 Å². The van der Waals surface area contributed by atoms with Crippen LogP contribution in [0.1, 0.15) is 28.5 Å². The maximum absolute atomic E-state index is 11.4. The third-order valence-corrected chi connectivity index (χ3v) is 2.24. The number of carbonyl (C=O) groups excluding carboxylic acids is 1. The zero-order chi connectivity index (χ0) is 10.7. The monoisotopic (exact) mass is 234 g/mol. The van der Waals surface area contributed by atoms with E-state index in [0.29, 0.717) is 5.56 Å². The molecule has 0 spiro atoms. The Kier molecular flexibility index (Phi) is 6.30. The van der Waals surface area contributed by atoms with Crippen molar-refractivity contribution in [3.63, 3.8) is 0 Å². The van der Waals surface area contributed by atoms with Gasteiger partial charge in [0, 0.05) is 0 Å². The summed E-state index contributed by atoms with van der Waals surface area (Å²) in [5, 5.41) is 0. The molecule has 0 saturated heterocycles. The van der Waals surface area contributed by atoms with E-state index in [1.807, 2.05) is 32.9 Å². The predicted molar refractivity (Wildman–Crippen MR) is 54.8 cm³/mol. The molecule has 1 aromatic rings. The number of benzene rings is 1. The van der Waals surface area contributed by atoms with Gasteiger partial charge < -0.3 is 5.95 Å². The van der Waals surface area contributed by atoms with Gasteiger partial charge in [-0.25, -0.2) is 9.36 Å². The first-order chi connectivity index (χ1) is 6.56. The van der Waals surface area contributed by atoms with E-state index in [-0.39, 0.29) is 31.0 Å². The quantitative estimate of drug-likeness (QED) is 0.538. The van der Waals surface area contributed by atoms with Crippen molar-refractivity contribution in [2.75, 3.05) is 0 Å². The Hall–Kier alpha value is -0.210. The van der Waals surface area contributed by atoms with E-state index in [2.05, 4.69) is 4.52 Å². The number of carbonyl (C=O) groups is 1. The van der Waals surface area contributed by atoms with Crippen LogP contribution >= 0.6 is 8.69 Å². The molecule has 0 heterocycles. The summed E-state index contributed by atoms with van der Waals surface area (Å²) in [5.41, 5.74) is 3.28. The fourth-order valence-electron chi connectivity index (χ4n) is 1.58. The van der Waals surface area contributed by atoms with Crippen LogP contribution in [0.2, 0.25) is 0 Å².